The average molecular weight is 299 g/mol. The van der Waals surface area contributed by atoms with E-state index in [0.29, 0.717) is 6.10 Å². The van der Waals surface area contributed by atoms with Crippen LogP contribution in [-0.2, 0) is 9.47 Å². The molecular formula is C18H37NO2. The van der Waals surface area contributed by atoms with Crippen LogP contribution in [0.3, 0.4) is 0 Å². The van der Waals surface area contributed by atoms with Crippen molar-refractivity contribution in [2.75, 3.05) is 32.9 Å². The van der Waals surface area contributed by atoms with Crippen molar-refractivity contribution in [2.24, 2.45) is 0 Å². The Balaban J connectivity index is 1.65. The van der Waals surface area contributed by atoms with Crippen molar-refractivity contribution in [3.8, 4) is 0 Å². The lowest BCUT2D eigenvalue weighted by molar-refractivity contribution is 0.101. The Kier molecular flexibility index (Phi) is 13.3. The summed E-state index contributed by atoms with van der Waals surface area (Å²) in [4.78, 5) is 0. The third kappa shape index (κ3) is 12.1. The number of unbranched alkanes of at least 4 members (excludes halogenated alkanes) is 8. The summed E-state index contributed by atoms with van der Waals surface area (Å²) in [5.74, 6) is 0. The maximum atomic E-state index is 5.65. The van der Waals surface area contributed by atoms with Crippen LogP contribution in [0.1, 0.15) is 77.6 Å². The van der Waals surface area contributed by atoms with Crippen molar-refractivity contribution < 1.29 is 9.47 Å². The van der Waals surface area contributed by atoms with E-state index in [1.165, 1.54) is 70.6 Å². The van der Waals surface area contributed by atoms with Gasteiger partial charge in [-0.05, 0) is 19.3 Å². The molecule has 0 aromatic carbocycles. The summed E-state index contributed by atoms with van der Waals surface area (Å²) in [5.41, 5.74) is 0. The summed E-state index contributed by atoms with van der Waals surface area (Å²) in [7, 11) is 0. The number of hydrogen-bond acceptors (Lipinski definition) is 3. The highest BCUT2D eigenvalue weighted by Crippen LogP contribution is 2.10. The molecule has 0 radical (unpaired) electrons. The molecule has 0 aliphatic carbocycles. The number of rotatable bonds is 15. The first-order valence-electron chi connectivity index (χ1n) is 9.33. The first-order valence-corrected chi connectivity index (χ1v) is 9.33. The molecule has 0 bridgehead atoms. The highest BCUT2D eigenvalue weighted by Gasteiger charge is 2.13. The third-order valence-electron chi connectivity index (χ3n) is 4.21. The molecule has 1 unspecified atom stereocenters. The zero-order valence-electron chi connectivity index (χ0n) is 14.2. The Bertz CT molecular complexity index is 205. The maximum absolute atomic E-state index is 5.65. The van der Waals surface area contributed by atoms with Crippen LogP contribution in [0.4, 0.5) is 0 Å². The molecule has 1 heterocycles. The lowest BCUT2D eigenvalue weighted by Gasteiger charge is -2.10. The van der Waals surface area contributed by atoms with Crippen molar-refractivity contribution >= 4 is 0 Å². The Morgan fingerprint density at radius 2 is 1.67 bits per heavy atom. The van der Waals surface area contributed by atoms with E-state index in [-0.39, 0.29) is 0 Å². The number of ether oxygens (including phenoxy) is 2. The van der Waals surface area contributed by atoms with Crippen LogP contribution < -0.4 is 5.32 Å². The van der Waals surface area contributed by atoms with Crippen LogP contribution in [-0.4, -0.2) is 39.0 Å². The highest BCUT2D eigenvalue weighted by atomic mass is 16.5. The summed E-state index contributed by atoms with van der Waals surface area (Å²) in [6, 6.07) is 0. The van der Waals surface area contributed by atoms with Gasteiger partial charge >= 0.3 is 0 Å². The predicted molar refractivity (Wildman–Crippen MR) is 89.9 cm³/mol. The molecule has 0 spiro atoms. The van der Waals surface area contributed by atoms with Crippen molar-refractivity contribution in [1.29, 1.82) is 0 Å². The van der Waals surface area contributed by atoms with Gasteiger partial charge in [-0.1, -0.05) is 58.3 Å². The van der Waals surface area contributed by atoms with Crippen LogP contribution in [0.25, 0.3) is 0 Å². The summed E-state index contributed by atoms with van der Waals surface area (Å²) in [5, 5.41) is 3.41. The van der Waals surface area contributed by atoms with Gasteiger partial charge in [-0.25, -0.2) is 0 Å². The molecule has 21 heavy (non-hydrogen) atoms. The Morgan fingerprint density at radius 3 is 2.33 bits per heavy atom. The lowest BCUT2D eigenvalue weighted by Crippen LogP contribution is -2.29. The lowest BCUT2D eigenvalue weighted by atomic mass is 10.1. The Morgan fingerprint density at radius 1 is 0.952 bits per heavy atom. The molecule has 1 aliphatic rings. The smallest absolute Gasteiger partial charge is 0.0700 e. The average Bonchev–Trinajstić information content (AvgIpc) is 3.01. The molecule has 1 saturated heterocycles. The fraction of sp³-hybridized carbons (Fsp3) is 1.00. The topological polar surface area (TPSA) is 30.5 Å². The molecule has 1 rings (SSSR count). The summed E-state index contributed by atoms with van der Waals surface area (Å²) < 4.78 is 11.2. The molecule has 1 fully saturated rings. The molecule has 126 valence electrons. The van der Waals surface area contributed by atoms with Crippen molar-refractivity contribution in [1.82, 2.24) is 5.32 Å². The van der Waals surface area contributed by atoms with Gasteiger partial charge in [0.1, 0.15) is 0 Å². The molecule has 1 aliphatic heterocycles. The number of hydrogen-bond donors (Lipinski definition) is 1. The first-order chi connectivity index (χ1) is 10.4. The SMILES string of the molecule is CCCCCCCCCCCOCCNCC1CCCO1. The second kappa shape index (κ2) is 14.8. The van der Waals surface area contributed by atoms with Crippen LogP contribution >= 0.6 is 0 Å². The van der Waals surface area contributed by atoms with E-state index in [1.54, 1.807) is 0 Å². The van der Waals surface area contributed by atoms with E-state index in [0.717, 1.165) is 32.9 Å². The molecular weight excluding hydrogens is 262 g/mol. The van der Waals surface area contributed by atoms with E-state index in [9.17, 15) is 0 Å². The predicted octanol–water partition coefficient (Wildman–Crippen LogP) is 4.30. The minimum atomic E-state index is 0.447. The van der Waals surface area contributed by atoms with Crippen LogP contribution in [0, 0.1) is 0 Å². The normalized spacial score (nSPS) is 18.4. The van der Waals surface area contributed by atoms with Gasteiger partial charge in [-0.2, -0.15) is 0 Å². The van der Waals surface area contributed by atoms with Gasteiger partial charge in [0.25, 0.3) is 0 Å². The Hall–Kier alpha value is -0.120. The van der Waals surface area contributed by atoms with Gasteiger partial charge in [0, 0.05) is 26.3 Å². The fourth-order valence-corrected chi connectivity index (χ4v) is 2.83. The van der Waals surface area contributed by atoms with Crippen LogP contribution in [0.15, 0.2) is 0 Å². The summed E-state index contributed by atoms with van der Waals surface area (Å²) in [6.07, 6.45) is 15.3. The van der Waals surface area contributed by atoms with E-state index in [2.05, 4.69) is 12.2 Å². The van der Waals surface area contributed by atoms with Crippen molar-refractivity contribution in [3.05, 3.63) is 0 Å². The first kappa shape index (κ1) is 18.9. The van der Waals surface area contributed by atoms with Gasteiger partial charge in [-0.3, -0.25) is 0 Å². The third-order valence-corrected chi connectivity index (χ3v) is 4.21. The second-order valence-corrected chi connectivity index (χ2v) is 6.28. The minimum absolute atomic E-state index is 0.447. The molecule has 0 amide bonds. The Labute approximate surface area is 132 Å². The van der Waals surface area contributed by atoms with Gasteiger partial charge in [-0.15, -0.1) is 0 Å². The van der Waals surface area contributed by atoms with E-state index in [1.807, 2.05) is 0 Å². The molecule has 1 N–H and O–H groups in total. The number of nitrogens with one attached hydrogen (secondary N) is 1. The zero-order valence-corrected chi connectivity index (χ0v) is 14.2. The summed E-state index contributed by atoms with van der Waals surface area (Å²) >= 11 is 0. The van der Waals surface area contributed by atoms with E-state index < -0.39 is 0 Å². The van der Waals surface area contributed by atoms with Gasteiger partial charge in [0.15, 0.2) is 0 Å². The van der Waals surface area contributed by atoms with Gasteiger partial charge in [0.05, 0.1) is 12.7 Å². The minimum Gasteiger partial charge on any atom is -0.380 e. The standard InChI is InChI=1S/C18H37NO2/c1-2-3-4-5-6-7-8-9-10-14-20-16-13-19-17-18-12-11-15-21-18/h18-19H,2-17H2,1H3. The van der Waals surface area contributed by atoms with Crippen LogP contribution in [0.2, 0.25) is 0 Å². The van der Waals surface area contributed by atoms with Gasteiger partial charge < -0.3 is 14.8 Å². The van der Waals surface area contributed by atoms with Crippen molar-refractivity contribution in [2.45, 2.75) is 83.7 Å². The van der Waals surface area contributed by atoms with Gasteiger partial charge in [0.2, 0.25) is 0 Å². The van der Waals surface area contributed by atoms with Crippen molar-refractivity contribution in [3.63, 3.8) is 0 Å². The van der Waals surface area contributed by atoms with E-state index >= 15 is 0 Å². The quantitative estimate of drug-likeness (QED) is 0.457. The monoisotopic (exact) mass is 299 g/mol. The molecule has 3 nitrogen and oxygen atoms in total. The zero-order chi connectivity index (χ0) is 15.0. The van der Waals surface area contributed by atoms with Crippen LogP contribution in [0.5, 0.6) is 0 Å². The van der Waals surface area contributed by atoms with E-state index in [4.69, 9.17) is 9.47 Å². The second-order valence-electron chi connectivity index (χ2n) is 6.28. The molecule has 3 heteroatoms. The molecule has 1 atom stereocenters. The molecule has 0 saturated carbocycles. The largest absolute Gasteiger partial charge is 0.380 e. The highest BCUT2D eigenvalue weighted by molar-refractivity contribution is 4.66. The summed E-state index contributed by atoms with van der Waals surface area (Å²) in [6.45, 7) is 6.93. The molecule has 0 aromatic heterocycles. The fourth-order valence-electron chi connectivity index (χ4n) is 2.83. The maximum Gasteiger partial charge on any atom is 0.0700 e. The molecule has 0 aromatic rings.